The lowest BCUT2D eigenvalue weighted by Crippen LogP contribution is -2.33. The summed E-state index contributed by atoms with van der Waals surface area (Å²) in [6, 6.07) is 86.5. The number of hydrogen-bond acceptors (Lipinski definition) is 1. The van der Waals surface area contributed by atoms with Gasteiger partial charge >= 0.3 is 0 Å². The van der Waals surface area contributed by atoms with Gasteiger partial charge in [0.05, 0.1) is 27.8 Å². The van der Waals surface area contributed by atoms with E-state index in [9.17, 15) is 0 Å². The van der Waals surface area contributed by atoms with Crippen molar-refractivity contribution < 1.29 is 0 Å². The van der Waals surface area contributed by atoms with E-state index in [1.807, 2.05) is 0 Å². The highest BCUT2D eigenvalue weighted by Crippen LogP contribution is 2.62. The molecule has 0 bridgehead atoms. The van der Waals surface area contributed by atoms with E-state index in [4.69, 9.17) is 0 Å². The van der Waals surface area contributed by atoms with E-state index in [1.165, 1.54) is 105 Å². The molecule has 0 saturated carbocycles. The lowest BCUT2D eigenvalue weighted by Gasteiger charge is -2.40. The minimum atomic E-state index is -0.574. The van der Waals surface area contributed by atoms with Crippen LogP contribution in [0.15, 0.2) is 231 Å². The van der Waals surface area contributed by atoms with Crippen molar-refractivity contribution in [3.8, 4) is 50.2 Å². The van der Waals surface area contributed by atoms with Gasteiger partial charge in [0.1, 0.15) is 0 Å². The van der Waals surface area contributed by atoms with Crippen LogP contribution in [-0.4, -0.2) is 4.57 Å². The maximum absolute atomic E-state index is 2.57. The van der Waals surface area contributed by atoms with Gasteiger partial charge in [-0.1, -0.05) is 202 Å². The maximum atomic E-state index is 2.57. The van der Waals surface area contributed by atoms with Crippen molar-refractivity contribution in [1.29, 1.82) is 0 Å². The summed E-state index contributed by atoms with van der Waals surface area (Å²) >= 11 is 0. The molecule has 2 aliphatic carbocycles. The van der Waals surface area contributed by atoms with Crippen LogP contribution in [0.4, 0.5) is 17.1 Å². The van der Waals surface area contributed by atoms with Crippen LogP contribution in [0.3, 0.4) is 0 Å². The average molecular weight is 841 g/mol. The maximum Gasteiger partial charge on any atom is 0.0755 e. The summed E-state index contributed by atoms with van der Waals surface area (Å²) in [5.41, 5.74) is 24.3. The molecule has 2 nitrogen and oxygen atoms in total. The lowest BCUT2D eigenvalue weighted by atomic mass is 9.65. The zero-order valence-electron chi connectivity index (χ0n) is 36.8. The Bertz CT molecular complexity index is 3760. The van der Waals surface area contributed by atoms with Gasteiger partial charge in [-0.2, -0.15) is 0 Å². The molecule has 0 atom stereocenters. The highest BCUT2D eigenvalue weighted by molar-refractivity contribution is 6.14. The van der Waals surface area contributed by atoms with Crippen molar-refractivity contribution in [3.05, 3.63) is 264 Å². The molecule has 66 heavy (non-hydrogen) atoms. The third-order valence-corrected chi connectivity index (χ3v) is 15.2. The smallest absolute Gasteiger partial charge is 0.0755 e. The van der Waals surface area contributed by atoms with Crippen molar-refractivity contribution in [1.82, 2.24) is 4.57 Å². The lowest BCUT2D eigenvalue weighted by molar-refractivity contribution is 0.660. The predicted molar refractivity (Wildman–Crippen MR) is 275 cm³/mol. The van der Waals surface area contributed by atoms with Gasteiger partial charge in [0.2, 0.25) is 0 Å². The van der Waals surface area contributed by atoms with Crippen LogP contribution in [0.1, 0.15) is 47.2 Å². The Morgan fingerprint density at radius 2 is 0.879 bits per heavy atom. The third kappa shape index (κ3) is 4.85. The topological polar surface area (TPSA) is 8.17 Å². The summed E-state index contributed by atoms with van der Waals surface area (Å²) in [6.45, 7) is 4.77. The van der Waals surface area contributed by atoms with E-state index in [0.29, 0.717) is 0 Å². The largest absolute Gasteiger partial charge is 0.310 e. The first-order valence-electron chi connectivity index (χ1n) is 23.2. The van der Waals surface area contributed by atoms with Crippen LogP contribution in [-0.2, 0) is 10.8 Å². The van der Waals surface area contributed by atoms with Crippen LogP contribution in [0.25, 0.3) is 72.0 Å². The second kappa shape index (κ2) is 13.7. The van der Waals surface area contributed by atoms with E-state index < -0.39 is 5.41 Å². The molecular formula is C64H44N2. The van der Waals surface area contributed by atoms with E-state index in [1.54, 1.807) is 0 Å². The highest BCUT2D eigenvalue weighted by Gasteiger charge is 2.51. The summed E-state index contributed by atoms with van der Waals surface area (Å²) in [4.78, 5) is 2.57. The molecule has 0 radical (unpaired) electrons. The van der Waals surface area contributed by atoms with Gasteiger partial charge in [0, 0.05) is 33.1 Å². The molecular weight excluding hydrogens is 797 g/mol. The Morgan fingerprint density at radius 1 is 0.348 bits per heavy atom. The number of hydrogen-bond donors (Lipinski definition) is 0. The van der Waals surface area contributed by atoms with E-state index in [2.05, 4.69) is 254 Å². The molecule has 1 aliphatic heterocycles. The molecule has 14 rings (SSSR count). The number of anilines is 3. The fourth-order valence-electron chi connectivity index (χ4n) is 12.4. The first kappa shape index (κ1) is 37.2. The van der Waals surface area contributed by atoms with Crippen molar-refractivity contribution in [2.24, 2.45) is 0 Å². The van der Waals surface area contributed by atoms with Crippen molar-refractivity contribution in [2.45, 2.75) is 24.7 Å². The summed E-state index contributed by atoms with van der Waals surface area (Å²) < 4.78 is 2.55. The fraction of sp³-hybridized carbons (Fsp3) is 0.0625. The summed E-state index contributed by atoms with van der Waals surface area (Å²) in [7, 11) is 0. The van der Waals surface area contributed by atoms with Gasteiger partial charge in [-0.15, -0.1) is 0 Å². The number of rotatable bonds is 5. The van der Waals surface area contributed by atoms with Gasteiger partial charge in [-0.05, 0) is 115 Å². The number of para-hydroxylation sites is 3. The molecule has 310 valence electrons. The van der Waals surface area contributed by atoms with Crippen LogP contribution < -0.4 is 4.90 Å². The molecule has 0 unspecified atom stereocenters. The van der Waals surface area contributed by atoms with Crippen LogP contribution >= 0.6 is 0 Å². The van der Waals surface area contributed by atoms with Crippen molar-refractivity contribution in [2.75, 3.05) is 4.90 Å². The number of nitrogens with zero attached hydrogens (tertiary/aromatic N) is 2. The fourth-order valence-corrected chi connectivity index (χ4v) is 12.4. The molecule has 0 saturated heterocycles. The zero-order chi connectivity index (χ0) is 43.7. The molecule has 3 aliphatic rings. The van der Waals surface area contributed by atoms with Crippen molar-refractivity contribution >= 4 is 38.9 Å². The molecule has 0 fully saturated rings. The Labute approximate surface area is 385 Å². The Kier molecular flexibility index (Phi) is 7.70. The second-order valence-corrected chi connectivity index (χ2v) is 18.8. The standard InChI is InChI=1S/C64H44N2/c1-63(2)53-29-13-8-24-46(53)49-37-36-42(39-57(49)63)65(59-33-17-11-27-50(59)45-23-7-6-22-44(45)41-20-4-3-5-21-41)43-38-52-51-28-12-18-34-60(51)66-61-35-19-16-32-56(61)64(58(40-43)62(52)66)54-30-14-9-25-47(54)48-26-10-15-31-55(48)64/h3-40H,1-2H3. The predicted octanol–water partition coefficient (Wildman–Crippen LogP) is 16.6. The molecule has 1 aromatic heterocycles. The first-order chi connectivity index (χ1) is 32.5. The quantitative estimate of drug-likeness (QED) is 0.168. The van der Waals surface area contributed by atoms with Gasteiger partial charge in [0.15, 0.2) is 0 Å². The Hall–Kier alpha value is -8.20. The monoisotopic (exact) mass is 840 g/mol. The van der Waals surface area contributed by atoms with E-state index in [0.717, 1.165) is 17.1 Å². The van der Waals surface area contributed by atoms with Gasteiger partial charge < -0.3 is 9.47 Å². The highest BCUT2D eigenvalue weighted by atomic mass is 15.1. The third-order valence-electron chi connectivity index (χ3n) is 15.2. The molecule has 0 N–H and O–H groups in total. The van der Waals surface area contributed by atoms with E-state index in [-0.39, 0.29) is 5.41 Å². The zero-order valence-corrected chi connectivity index (χ0v) is 36.8. The average Bonchev–Trinajstić information content (AvgIpc) is 3.95. The normalized spacial score (nSPS) is 14.2. The first-order valence-corrected chi connectivity index (χ1v) is 23.2. The number of aromatic nitrogens is 1. The van der Waals surface area contributed by atoms with Crippen LogP contribution in [0, 0.1) is 0 Å². The van der Waals surface area contributed by atoms with Gasteiger partial charge in [-0.3, -0.25) is 0 Å². The Morgan fingerprint density at radius 3 is 1.62 bits per heavy atom. The minimum absolute atomic E-state index is 0.179. The molecule has 2 heteroatoms. The summed E-state index contributed by atoms with van der Waals surface area (Å²) in [5, 5.41) is 2.49. The van der Waals surface area contributed by atoms with Crippen LogP contribution in [0.2, 0.25) is 0 Å². The summed E-state index contributed by atoms with van der Waals surface area (Å²) in [5.74, 6) is 0. The summed E-state index contributed by atoms with van der Waals surface area (Å²) in [6.07, 6.45) is 0. The second-order valence-electron chi connectivity index (χ2n) is 18.8. The van der Waals surface area contributed by atoms with E-state index >= 15 is 0 Å². The SMILES string of the molecule is CC1(C)c2ccccc2-c2ccc(N(c3cc4c5c(c3)c3ccccc3n5-c3ccccc3C43c4ccccc4-c4ccccc43)c3ccccc3-c3ccccc3-c3ccccc3)cc21. The van der Waals surface area contributed by atoms with Gasteiger partial charge in [-0.25, -0.2) is 0 Å². The molecule has 0 amide bonds. The minimum Gasteiger partial charge on any atom is -0.310 e. The molecule has 1 spiro atoms. The van der Waals surface area contributed by atoms with Gasteiger partial charge in [0.25, 0.3) is 0 Å². The molecule has 11 aromatic rings. The number of benzene rings is 10. The van der Waals surface area contributed by atoms with Crippen LogP contribution in [0.5, 0.6) is 0 Å². The Balaban J connectivity index is 1.13. The number of fused-ring (bicyclic) bond motifs is 15. The molecule has 2 heterocycles. The van der Waals surface area contributed by atoms with Crippen molar-refractivity contribution in [3.63, 3.8) is 0 Å². The molecule has 10 aromatic carbocycles.